The third-order valence-corrected chi connectivity index (χ3v) is 5.10. The minimum atomic E-state index is -4.91. The van der Waals surface area contributed by atoms with Gasteiger partial charge in [-0.3, -0.25) is 9.11 Å². The Labute approximate surface area is 175 Å². The molecule has 2 rings (SSSR count). The van der Waals surface area contributed by atoms with Crippen LogP contribution < -0.4 is 0 Å². The number of aromatic carboxylic acids is 2. The van der Waals surface area contributed by atoms with Gasteiger partial charge in [-0.05, 0) is 35.4 Å². The van der Waals surface area contributed by atoms with Gasteiger partial charge in [-0.25, -0.2) is 9.59 Å². The number of carboxylic acid groups (broad SMARTS) is 2. The van der Waals surface area contributed by atoms with Crippen LogP contribution in [0.1, 0.15) is 20.7 Å². The summed E-state index contributed by atoms with van der Waals surface area (Å²) in [6.07, 6.45) is 0. The molecule has 0 unspecified atom stereocenters. The summed E-state index contributed by atoms with van der Waals surface area (Å²) < 4.78 is 63.9. The Kier molecular flexibility index (Phi) is 6.94. The monoisotopic (exact) mass is 426 g/mol. The number of carbonyl (C=O) groups is 2. The van der Waals surface area contributed by atoms with Crippen molar-refractivity contribution < 1.29 is 45.7 Å². The molecule has 0 aliphatic heterocycles. The standard InChI is InChI=1S/C14H10O10S2.Na.H/c15-13(16)9-3-1-7(5-11(9)25(19,20)21)8-2-4-10(14(17)18)12(6-8)26(22,23)24;;/h1-6H,(H,15,16)(H,17,18)(H,19,20,21)(H,22,23,24);;. The fourth-order valence-corrected chi connectivity index (χ4v) is 3.60. The molecular weight excluding hydrogens is 415 g/mol. The molecule has 0 aliphatic carbocycles. The zero-order chi connectivity index (χ0) is 19.9. The van der Waals surface area contributed by atoms with Crippen molar-refractivity contribution in [3.8, 4) is 11.1 Å². The van der Waals surface area contributed by atoms with Gasteiger partial charge in [0.1, 0.15) is 9.79 Å². The Hall–Kier alpha value is -1.80. The van der Waals surface area contributed by atoms with Gasteiger partial charge in [-0.15, -0.1) is 0 Å². The second kappa shape index (κ2) is 8.06. The topological polar surface area (TPSA) is 183 Å². The second-order valence-corrected chi connectivity index (χ2v) is 7.76. The Morgan fingerprint density at radius 1 is 0.667 bits per heavy atom. The first-order chi connectivity index (χ1) is 11.8. The zero-order valence-corrected chi connectivity index (χ0v) is 14.2. The Morgan fingerprint density at radius 3 is 1.19 bits per heavy atom. The van der Waals surface area contributed by atoms with Crippen LogP contribution in [0.5, 0.6) is 0 Å². The van der Waals surface area contributed by atoms with Gasteiger partial charge in [-0.1, -0.05) is 12.1 Å². The van der Waals surface area contributed by atoms with Crippen molar-refractivity contribution in [3.63, 3.8) is 0 Å². The fourth-order valence-electron chi connectivity index (χ4n) is 2.18. The molecule has 27 heavy (non-hydrogen) atoms. The Bertz CT molecular complexity index is 1040. The molecule has 0 radical (unpaired) electrons. The minimum absolute atomic E-state index is 0. The molecule has 0 bridgehead atoms. The molecule has 0 heterocycles. The molecule has 0 saturated carbocycles. The van der Waals surface area contributed by atoms with Crippen molar-refractivity contribution in [2.45, 2.75) is 9.79 Å². The van der Waals surface area contributed by atoms with Crippen LogP contribution in [0.25, 0.3) is 11.1 Å². The first-order valence-electron chi connectivity index (χ1n) is 6.52. The van der Waals surface area contributed by atoms with E-state index < -0.39 is 53.1 Å². The summed E-state index contributed by atoms with van der Waals surface area (Å²) in [6, 6.07) is 5.56. The predicted octanol–water partition coefficient (Wildman–Crippen LogP) is 0.595. The molecule has 0 saturated heterocycles. The summed E-state index contributed by atoms with van der Waals surface area (Å²) in [7, 11) is -9.82. The van der Waals surface area contributed by atoms with Crippen molar-refractivity contribution in [2.75, 3.05) is 0 Å². The molecule has 0 fully saturated rings. The quantitative estimate of drug-likeness (QED) is 0.390. The van der Waals surface area contributed by atoms with Gasteiger partial charge in [0.15, 0.2) is 0 Å². The number of hydrogen-bond acceptors (Lipinski definition) is 6. The third-order valence-electron chi connectivity index (χ3n) is 3.31. The number of hydrogen-bond donors (Lipinski definition) is 4. The fraction of sp³-hybridized carbons (Fsp3) is 0. The van der Waals surface area contributed by atoms with Gasteiger partial charge in [0, 0.05) is 0 Å². The average molecular weight is 426 g/mol. The molecule has 0 aromatic heterocycles. The summed E-state index contributed by atoms with van der Waals surface area (Å²) in [4.78, 5) is 20.3. The van der Waals surface area contributed by atoms with Gasteiger partial charge in [-0.2, -0.15) is 16.8 Å². The van der Waals surface area contributed by atoms with Crippen LogP contribution in [0.3, 0.4) is 0 Å². The molecule has 0 amide bonds. The Balaban J connectivity index is 0.00000364. The van der Waals surface area contributed by atoms with Crippen LogP contribution in [0.4, 0.5) is 0 Å². The van der Waals surface area contributed by atoms with E-state index in [2.05, 4.69) is 0 Å². The molecule has 4 N–H and O–H groups in total. The first kappa shape index (κ1) is 23.2. The van der Waals surface area contributed by atoms with Crippen LogP contribution in [0.2, 0.25) is 0 Å². The van der Waals surface area contributed by atoms with Gasteiger partial charge < -0.3 is 10.2 Å². The summed E-state index contributed by atoms with van der Waals surface area (Å²) in [5, 5.41) is 18.0. The van der Waals surface area contributed by atoms with E-state index in [0.29, 0.717) is 0 Å². The van der Waals surface area contributed by atoms with Crippen LogP contribution in [0.15, 0.2) is 46.2 Å². The van der Waals surface area contributed by atoms with Crippen molar-refractivity contribution in [3.05, 3.63) is 47.5 Å². The van der Waals surface area contributed by atoms with E-state index in [0.717, 1.165) is 36.4 Å². The van der Waals surface area contributed by atoms with E-state index in [1.54, 1.807) is 0 Å². The van der Waals surface area contributed by atoms with Gasteiger partial charge >= 0.3 is 41.5 Å². The van der Waals surface area contributed by atoms with Crippen molar-refractivity contribution in [1.82, 2.24) is 0 Å². The molecule has 10 nitrogen and oxygen atoms in total. The Morgan fingerprint density at radius 2 is 0.963 bits per heavy atom. The van der Waals surface area contributed by atoms with Gasteiger partial charge in [0.25, 0.3) is 20.2 Å². The zero-order valence-electron chi connectivity index (χ0n) is 12.5. The number of benzene rings is 2. The molecule has 0 atom stereocenters. The van der Waals surface area contributed by atoms with Crippen LogP contribution in [-0.2, 0) is 20.2 Å². The van der Waals surface area contributed by atoms with E-state index in [1.807, 2.05) is 0 Å². The third kappa shape index (κ3) is 5.13. The molecule has 140 valence electrons. The van der Waals surface area contributed by atoms with E-state index in [9.17, 15) is 35.5 Å². The van der Waals surface area contributed by atoms with E-state index in [4.69, 9.17) is 10.2 Å². The molecular formula is C14H11NaO10S2. The van der Waals surface area contributed by atoms with Crippen LogP contribution in [-0.4, -0.2) is 77.7 Å². The normalized spacial score (nSPS) is 11.5. The average Bonchev–Trinajstić information content (AvgIpc) is 2.51. The second-order valence-electron chi connectivity index (χ2n) is 4.98. The molecule has 2 aromatic carbocycles. The molecule has 2 aromatic rings. The SMILES string of the molecule is O=C(O)c1ccc(-c2ccc(C(=O)O)c(S(=O)(=O)O)c2)cc1S(=O)(=O)O.[NaH]. The van der Waals surface area contributed by atoms with Crippen LogP contribution >= 0.6 is 0 Å². The predicted molar refractivity (Wildman–Crippen MR) is 92.6 cm³/mol. The maximum absolute atomic E-state index is 11.4. The summed E-state index contributed by atoms with van der Waals surface area (Å²) in [6.45, 7) is 0. The molecule has 0 spiro atoms. The summed E-state index contributed by atoms with van der Waals surface area (Å²) in [5.41, 5.74) is -1.50. The van der Waals surface area contributed by atoms with Crippen molar-refractivity contribution >= 4 is 61.7 Å². The maximum atomic E-state index is 11.4. The number of carboxylic acids is 2. The number of rotatable bonds is 5. The molecule has 0 aliphatic rings. The van der Waals surface area contributed by atoms with E-state index in [1.165, 1.54) is 0 Å². The summed E-state index contributed by atoms with van der Waals surface area (Å²) >= 11 is 0. The van der Waals surface area contributed by atoms with Gasteiger partial charge in [0.2, 0.25) is 0 Å². The van der Waals surface area contributed by atoms with Crippen molar-refractivity contribution in [1.29, 1.82) is 0 Å². The summed E-state index contributed by atoms with van der Waals surface area (Å²) in [5.74, 6) is -3.24. The van der Waals surface area contributed by atoms with E-state index >= 15 is 0 Å². The van der Waals surface area contributed by atoms with Gasteiger partial charge in [0.05, 0.1) is 11.1 Å². The van der Waals surface area contributed by atoms with Crippen LogP contribution in [0, 0.1) is 0 Å². The van der Waals surface area contributed by atoms with Crippen molar-refractivity contribution in [2.24, 2.45) is 0 Å². The molecule has 13 heteroatoms. The first-order valence-corrected chi connectivity index (χ1v) is 9.40. The van der Waals surface area contributed by atoms with E-state index in [-0.39, 0.29) is 40.7 Å².